The van der Waals surface area contributed by atoms with Crippen LogP contribution in [0.4, 0.5) is 10.2 Å². The molecule has 0 aliphatic heterocycles. The summed E-state index contributed by atoms with van der Waals surface area (Å²) in [7, 11) is 0. The zero-order valence-corrected chi connectivity index (χ0v) is 11.4. The molecule has 0 saturated heterocycles. The molecular formula is C13H12FN3O2S. The Morgan fingerprint density at radius 3 is 2.55 bits per heavy atom. The second-order valence-electron chi connectivity index (χ2n) is 4.03. The average molecular weight is 293 g/mol. The van der Waals surface area contributed by atoms with Crippen LogP contribution in [-0.2, 0) is 5.75 Å². The summed E-state index contributed by atoms with van der Waals surface area (Å²) in [5, 5.41) is 8.97. The van der Waals surface area contributed by atoms with Crippen LogP contribution in [0.25, 0.3) is 0 Å². The van der Waals surface area contributed by atoms with Gasteiger partial charge in [-0.1, -0.05) is 0 Å². The number of carbonyl (C=O) groups is 1. The normalized spacial score (nSPS) is 10.5. The summed E-state index contributed by atoms with van der Waals surface area (Å²) in [5.74, 6) is -0.607. The predicted molar refractivity (Wildman–Crippen MR) is 74.1 cm³/mol. The number of aromatic nitrogens is 2. The van der Waals surface area contributed by atoms with Crippen molar-refractivity contribution < 1.29 is 14.3 Å². The quantitative estimate of drug-likeness (QED) is 0.842. The van der Waals surface area contributed by atoms with Crippen molar-refractivity contribution in [1.29, 1.82) is 0 Å². The van der Waals surface area contributed by atoms with Crippen molar-refractivity contribution >= 4 is 23.5 Å². The van der Waals surface area contributed by atoms with Gasteiger partial charge in [0.15, 0.2) is 0 Å². The van der Waals surface area contributed by atoms with Gasteiger partial charge in [0.05, 0.1) is 11.4 Å². The number of anilines is 1. The van der Waals surface area contributed by atoms with Gasteiger partial charge in [-0.15, -0.1) is 11.8 Å². The first kappa shape index (κ1) is 14.3. The van der Waals surface area contributed by atoms with Crippen LogP contribution in [0.15, 0.2) is 29.2 Å². The molecule has 0 radical (unpaired) electrons. The SMILES string of the molecule is Cc1nc(CSc2ccc(F)cc2)nc(N)c1C(=O)O. The Labute approximate surface area is 119 Å². The zero-order chi connectivity index (χ0) is 14.7. The molecule has 0 unspecified atom stereocenters. The molecule has 2 rings (SSSR count). The molecule has 1 aromatic carbocycles. The van der Waals surface area contributed by atoms with Gasteiger partial charge in [0, 0.05) is 4.90 Å². The smallest absolute Gasteiger partial charge is 0.341 e. The van der Waals surface area contributed by atoms with E-state index in [1.807, 2.05) is 0 Å². The molecule has 0 amide bonds. The molecule has 5 nitrogen and oxygen atoms in total. The van der Waals surface area contributed by atoms with E-state index in [0.29, 0.717) is 17.3 Å². The number of aromatic carboxylic acids is 1. The summed E-state index contributed by atoms with van der Waals surface area (Å²) in [6.07, 6.45) is 0. The highest BCUT2D eigenvalue weighted by Crippen LogP contribution is 2.23. The van der Waals surface area contributed by atoms with E-state index in [1.165, 1.54) is 23.9 Å². The number of nitrogens with two attached hydrogens (primary N) is 1. The minimum Gasteiger partial charge on any atom is -0.477 e. The molecule has 3 N–H and O–H groups in total. The van der Waals surface area contributed by atoms with E-state index in [2.05, 4.69) is 9.97 Å². The standard InChI is InChI=1S/C13H12FN3O2S/c1-7-11(13(18)19)12(15)17-10(16-7)6-20-9-4-2-8(14)3-5-9/h2-5H,6H2,1H3,(H,18,19)(H2,15,16,17). The maximum Gasteiger partial charge on any atom is 0.341 e. The Morgan fingerprint density at radius 2 is 2.00 bits per heavy atom. The minimum absolute atomic E-state index is 0.0419. The van der Waals surface area contributed by atoms with Crippen LogP contribution in [0, 0.1) is 12.7 Å². The minimum atomic E-state index is -1.14. The van der Waals surface area contributed by atoms with Crippen molar-refractivity contribution in [2.24, 2.45) is 0 Å². The number of aryl methyl sites for hydroxylation is 1. The molecule has 0 aliphatic carbocycles. The number of benzene rings is 1. The fourth-order valence-corrected chi connectivity index (χ4v) is 2.42. The van der Waals surface area contributed by atoms with Crippen LogP contribution in [0.3, 0.4) is 0 Å². The third kappa shape index (κ3) is 3.24. The lowest BCUT2D eigenvalue weighted by Gasteiger charge is -2.07. The first-order chi connectivity index (χ1) is 9.47. The van der Waals surface area contributed by atoms with Gasteiger partial charge >= 0.3 is 5.97 Å². The lowest BCUT2D eigenvalue weighted by Crippen LogP contribution is -2.11. The fraction of sp³-hybridized carbons (Fsp3) is 0.154. The number of carboxylic acids is 1. The molecule has 1 heterocycles. The number of thioether (sulfide) groups is 1. The van der Waals surface area contributed by atoms with Gasteiger partial charge in [-0.3, -0.25) is 0 Å². The molecule has 1 aromatic heterocycles. The first-order valence-electron chi connectivity index (χ1n) is 5.72. The molecular weight excluding hydrogens is 281 g/mol. The number of hydrogen-bond acceptors (Lipinski definition) is 5. The van der Waals surface area contributed by atoms with Gasteiger partial charge in [0.2, 0.25) is 0 Å². The van der Waals surface area contributed by atoms with Crippen molar-refractivity contribution in [3.05, 3.63) is 47.2 Å². The van der Waals surface area contributed by atoms with Gasteiger partial charge in [-0.05, 0) is 31.2 Å². The van der Waals surface area contributed by atoms with Gasteiger partial charge < -0.3 is 10.8 Å². The largest absolute Gasteiger partial charge is 0.477 e. The lowest BCUT2D eigenvalue weighted by atomic mass is 10.2. The van der Waals surface area contributed by atoms with Crippen LogP contribution < -0.4 is 5.73 Å². The second kappa shape index (κ2) is 5.87. The van der Waals surface area contributed by atoms with Gasteiger partial charge in [0.25, 0.3) is 0 Å². The number of halogens is 1. The van der Waals surface area contributed by atoms with Gasteiger partial charge in [0.1, 0.15) is 23.0 Å². The monoisotopic (exact) mass is 293 g/mol. The third-order valence-electron chi connectivity index (χ3n) is 2.56. The first-order valence-corrected chi connectivity index (χ1v) is 6.70. The van der Waals surface area contributed by atoms with Gasteiger partial charge in [-0.25, -0.2) is 19.2 Å². The third-order valence-corrected chi connectivity index (χ3v) is 3.57. The number of nitrogen functional groups attached to an aromatic ring is 1. The summed E-state index contributed by atoms with van der Waals surface area (Å²) in [5.41, 5.74) is 5.89. The Hall–Kier alpha value is -2.15. The van der Waals surface area contributed by atoms with Crippen molar-refractivity contribution in [3.63, 3.8) is 0 Å². The van der Waals surface area contributed by atoms with E-state index in [4.69, 9.17) is 10.8 Å². The summed E-state index contributed by atoms with van der Waals surface area (Å²) in [4.78, 5) is 19.9. The van der Waals surface area contributed by atoms with Crippen LogP contribution >= 0.6 is 11.8 Å². The molecule has 0 saturated carbocycles. The van der Waals surface area contributed by atoms with E-state index >= 15 is 0 Å². The number of rotatable bonds is 4. The highest BCUT2D eigenvalue weighted by molar-refractivity contribution is 7.98. The number of nitrogens with zero attached hydrogens (tertiary/aromatic N) is 2. The van der Waals surface area contributed by atoms with Gasteiger partial charge in [-0.2, -0.15) is 0 Å². The topological polar surface area (TPSA) is 89.1 Å². The van der Waals surface area contributed by atoms with E-state index in [-0.39, 0.29) is 17.2 Å². The molecule has 2 aromatic rings. The maximum absolute atomic E-state index is 12.8. The van der Waals surface area contributed by atoms with E-state index < -0.39 is 5.97 Å². The maximum atomic E-state index is 12.8. The van der Waals surface area contributed by atoms with Crippen LogP contribution in [0.5, 0.6) is 0 Å². The van der Waals surface area contributed by atoms with Crippen LogP contribution in [-0.4, -0.2) is 21.0 Å². The molecule has 20 heavy (non-hydrogen) atoms. The molecule has 7 heteroatoms. The molecule has 0 bridgehead atoms. The highest BCUT2D eigenvalue weighted by atomic mass is 32.2. The van der Waals surface area contributed by atoms with Crippen molar-refractivity contribution in [2.45, 2.75) is 17.6 Å². The predicted octanol–water partition coefficient (Wildman–Crippen LogP) is 2.50. The summed E-state index contributed by atoms with van der Waals surface area (Å²) in [6.45, 7) is 1.58. The summed E-state index contributed by atoms with van der Waals surface area (Å²) >= 11 is 1.42. The molecule has 104 valence electrons. The molecule has 0 spiro atoms. The Bertz CT molecular complexity index is 624. The summed E-state index contributed by atoms with van der Waals surface area (Å²) < 4.78 is 12.8. The Morgan fingerprint density at radius 1 is 1.35 bits per heavy atom. The van der Waals surface area contributed by atoms with E-state index in [0.717, 1.165) is 4.90 Å². The number of hydrogen-bond donors (Lipinski definition) is 2. The van der Waals surface area contributed by atoms with Crippen molar-refractivity contribution in [3.8, 4) is 0 Å². The Balaban J connectivity index is 2.14. The number of carboxylic acid groups (broad SMARTS) is 1. The van der Waals surface area contributed by atoms with E-state index in [1.54, 1.807) is 19.1 Å². The highest BCUT2D eigenvalue weighted by Gasteiger charge is 2.15. The Kier molecular flexibility index (Phi) is 4.19. The zero-order valence-electron chi connectivity index (χ0n) is 10.6. The fourth-order valence-electron chi connectivity index (χ4n) is 1.66. The average Bonchev–Trinajstić information content (AvgIpc) is 2.37. The van der Waals surface area contributed by atoms with Crippen molar-refractivity contribution in [2.75, 3.05) is 5.73 Å². The summed E-state index contributed by atoms with van der Waals surface area (Å²) in [6, 6.07) is 6.05. The lowest BCUT2D eigenvalue weighted by molar-refractivity contribution is 0.0696. The molecule has 0 aliphatic rings. The van der Waals surface area contributed by atoms with Crippen LogP contribution in [0.1, 0.15) is 21.9 Å². The van der Waals surface area contributed by atoms with Crippen LogP contribution in [0.2, 0.25) is 0 Å². The molecule has 0 fully saturated rings. The van der Waals surface area contributed by atoms with E-state index in [9.17, 15) is 9.18 Å². The molecule has 0 atom stereocenters. The van der Waals surface area contributed by atoms with Crippen molar-refractivity contribution in [1.82, 2.24) is 9.97 Å². The second-order valence-corrected chi connectivity index (χ2v) is 5.08.